The van der Waals surface area contributed by atoms with Gasteiger partial charge in [0.05, 0.1) is 17.7 Å². The van der Waals surface area contributed by atoms with Gasteiger partial charge >= 0.3 is 6.18 Å². The normalized spacial score (nSPS) is 11.9. The third-order valence-electron chi connectivity index (χ3n) is 3.10. The largest absolute Gasteiger partial charge is 0.416 e. The predicted molar refractivity (Wildman–Crippen MR) is 92.0 cm³/mol. The van der Waals surface area contributed by atoms with Gasteiger partial charge in [0.15, 0.2) is 5.82 Å². The Morgan fingerprint density at radius 2 is 1.85 bits per heavy atom. The van der Waals surface area contributed by atoms with E-state index in [0.717, 1.165) is 30.1 Å². The zero-order valence-electron chi connectivity index (χ0n) is 13.7. The number of nitrogens with zero attached hydrogens (tertiary/aromatic N) is 2. The summed E-state index contributed by atoms with van der Waals surface area (Å²) >= 11 is 1.03. The minimum atomic E-state index is -4.43. The Balaban J connectivity index is 2.13. The van der Waals surface area contributed by atoms with Gasteiger partial charge in [-0.2, -0.15) is 13.2 Å². The van der Waals surface area contributed by atoms with Gasteiger partial charge in [0.2, 0.25) is 5.91 Å². The Bertz CT molecular complexity index is 869. The van der Waals surface area contributed by atoms with Crippen LogP contribution in [-0.4, -0.2) is 28.3 Å². The number of rotatable bonds is 6. The van der Waals surface area contributed by atoms with Crippen molar-refractivity contribution in [1.29, 1.82) is 0 Å². The van der Waals surface area contributed by atoms with Gasteiger partial charge in [0, 0.05) is 28.4 Å². The van der Waals surface area contributed by atoms with E-state index in [-0.39, 0.29) is 17.9 Å². The number of carbonyl (C=O) groups is 2. The van der Waals surface area contributed by atoms with E-state index >= 15 is 0 Å². The van der Waals surface area contributed by atoms with E-state index in [0.29, 0.717) is 9.79 Å². The van der Waals surface area contributed by atoms with Crippen molar-refractivity contribution in [3.63, 3.8) is 0 Å². The second kappa shape index (κ2) is 8.54. The molecule has 0 saturated carbocycles. The van der Waals surface area contributed by atoms with Crippen LogP contribution in [0.25, 0.3) is 5.57 Å². The molecule has 0 bridgehead atoms. The molecule has 1 aromatic heterocycles. The molecule has 2 aromatic rings. The summed E-state index contributed by atoms with van der Waals surface area (Å²) in [5.41, 5.74) is 9.51. The highest BCUT2D eigenvalue weighted by Crippen LogP contribution is 2.34. The van der Waals surface area contributed by atoms with Crippen molar-refractivity contribution in [2.75, 3.05) is 6.54 Å². The van der Waals surface area contributed by atoms with Crippen LogP contribution in [0.4, 0.5) is 13.2 Å². The summed E-state index contributed by atoms with van der Waals surface area (Å²) in [6.45, 7) is -0.375. The number of nitrogens with two attached hydrogens (primary N) is 2. The van der Waals surface area contributed by atoms with E-state index in [4.69, 9.17) is 11.5 Å². The van der Waals surface area contributed by atoms with Crippen molar-refractivity contribution < 1.29 is 22.8 Å². The third-order valence-corrected chi connectivity index (χ3v) is 4.04. The molecular formula is C16H14F3N5O2S. The molecule has 0 fully saturated rings. The summed E-state index contributed by atoms with van der Waals surface area (Å²) in [6, 6.07) is 4.82. The number of halogens is 3. The van der Waals surface area contributed by atoms with Gasteiger partial charge in [0.1, 0.15) is 0 Å². The maximum absolute atomic E-state index is 12.8. The molecule has 27 heavy (non-hydrogen) atoms. The van der Waals surface area contributed by atoms with E-state index < -0.39 is 23.6 Å². The van der Waals surface area contributed by atoms with E-state index in [1.807, 2.05) is 0 Å². The number of amides is 2. The van der Waals surface area contributed by atoms with Crippen LogP contribution in [0.5, 0.6) is 0 Å². The average Bonchev–Trinajstić information content (AvgIpc) is 2.61. The van der Waals surface area contributed by atoms with E-state index in [2.05, 4.69) is 15.3 Å². The first-order chi connectivity index (χ1) is 12.7. The monoisotopic (exact) mass is 397 g/mol. The number of benzene rings is 1. The van der Waals surface area contributed by atoms with Crippen molar-refractivity contribution in [2.45, 2.75) is 16.0 Å². The molecule has 0 unspecified atom stereocenters. The van der Waals surface area contributed by atoms with Gasteiger partial charge in [-0.3, -0.25) is 9.59 Å². The summed E-state index contributed by atoms with van der Waals surface area (Å²) in [5.74, 6) is -1.42. The molecule has 0 aliphatic rings. The minimum Gasteiger partial charge on any atom is -0.404 e. The maximum Gasteiger partial charge on any atom is 0.416 e. The van der Waals surface area contributed by atoms with Crippen LogP contribution in [0.15, 0.2) is 52.7 Å². The molecule has 0 radical (unpaired) electrons. The quantitative estimate of drug-likeness (QED) is 0.636. The van der Waals surface area contributed by atoms with E-state index in [9.17, 15) is 22.8 Å². The van der Waals surface area contributed by atoms with Crippen LogP contribution in [0.1, 0.15) is 11.4 Å². The van der Waals surface area contributed by atoms with Crippen molar-refractivity contribution in [2.24, 2.45) is 11.5 Å². The fourth-order valence-corrected chi connectivity index (χ4v) is 2.71. The van der Waals surface area contributed by atoms with Crippen molar-refractivity contribution >= 4 is 29.1 Å². The second-order valence-corrected chi connectivity index (χ2v) is 6.25. The Morgan fingerprint density at radius 1 is 1.19 bits per heavy atom. The topological polar surface area (TPSA) is 124 Å². The van der Waals surface area contributed by atoms with Gasteiger partial charge in [-0.1, -0.05) is 17.8 Å². The number of primary amides is 1. The number of hydrogen-bond donors (Lipinski definition) is 3. The lowest BCUT2D eigenvalue weighted by Gasteiger charge is -2.09. The lowest BCUT2D eigenvalue weighted by Crippen LogP contribution is -2.34. The van der Waals surface area contributed by atoms with Crippen molar-refractivity contribution in [3.8, 4) is 0 Å². The summed E-state index contributed by atoms with van der Waals surface area (Å²) in [6.07, 6.45) is -0.766. The average molecular weight is 397 g/mol. The summed E-state index contributed by atoms with van der Waals surface area (Å²) in [5, 5.41) is 2.25. The molecule has 0 spiro atoms. The molecule has 5 N–H and O–H groups in total. The first kappa shape index (κ1) is 20.2. The number of carbonyl (C=O) groups excluding carboxylic acids is 2. The predicted octanol–water partition coefficient (Wildman–Crippen LogP) is 1.55. The van der Waals surface area contributed by atoms with Crippen LogP contribution in [0, 0.1) is 0 Å². The molecule has 0 atom stereocenters. The maximum atomic E-state index is 12.8. The fourth-order valence-electron chi connectivity index (χ4n) is 1.89. The number of nitrogens with one attached hydrogen (secondary N) is 1. The molecule has 0 aliphatic heterocycles. The zero-order valence-corrected chi connectivity index (χ0v) is 14.5. The SMILES string of the molecule is N/C=C(/C(=O)NCC(N)=O)c1ncc(Sc2cccc(C(F)(F)F)c2)cn1. The Hall–Kier alpha value is -3.08. The highest BCUT2D eigenvalue weighted by Gasteiger charge is 2.30. The van der Waals surface area contributed by atoms with Crippen LogP contribution in [-0.2, 0) is 15.8 Å². The van der Waals surface area contributed by atoms with Crippen LogP contribution in [0.2, 0.25) is 0 Å². The van der Waals surface area contributed by atoms with Gasteiger partial charge in [-0.15, -0.1) is 0 Å². The third kappa shape index (κ3) is 5.71. The van der Waals surface area contributed by atoms with Gasteiger partial charge in [-0.05, 0) is 18.2 Å². The summed E-state index contributed by atoms with van der Waals surface area (Å²) in [7, 11) is 0. The second-order valence-electron chi connectivity index (χ2n) is 5.10. The molecule has 142 valence electrons. The van der Waals surface area contributed by atoms with Crippen LogP contribution in [0.3, 0.4) is 0 Å². The Labute approximate surface area is 156 Å². The molecule has 0 saturated heterocycles. The van der Waals surface area contributed by atoms with Crippen LogP contribution < -0.4 is 16.8 Å². The highest BCUT2D eigenvalue weighted by molar-refractivity contribution is 7.99. The standard InChI is InChI=1S/C16H14F3N5O2S/c17-16(18,19)9-2-1-3-10(4-9)27-11-6-22-14(23-7-11)12(5-20)15(26)24-8-13(21)25/h1-7H,8,20H2,(H2,21,25)(H,24,26)/b12-5+. The van der Waals surface area contributed by atoms with E-state index in [1.165, 1.54) is 24.5 Å². The van der Waals surface area contributed by atoms with Gasteiger partial charge < -0.3 is 16.8 Å². The Kier molecular flexibility index (Phi) is 6.40. The van der Waals surface area contributed by atoms with Gasteiger partial charge in [0.25, 0.3) is 5.91 Å². The van der Waals surface area contributed by atoms with E-state index in [1.54, 1.807) is 0 Å². The molecule has 2 rings (SSSR count). The lowest BCUT2D eigenvalue weighted by atomic mass is 10.2. The fraction of sp³-hybridized carbons (Fsp3) is 0.125. The Morgan fingerprint density at radius 3 is 2.41 bits per heavy atom. The molecule has 1 aromatic carbocycles. The van der Waals surface area contributed by atoms with Crippen LogP contribution >= 0.6 is 11.8 Å². The molecule has 11 heteroatoms. The smallest absolute Gasteiger partial charge is 0.404 e. The minimum absolute atomic E-state index is 0.00661. The van der Waals surface area contributed by atoms with Crippen molar-refractivity contribution in [1.82, 2.24) is 15.3 Å². The molecule has 2 amide bonds. The molecule has 1 heterocycles. The number of hydrogen-bond acceptors (Lipinski definition) is 6. The number of alkyl halides is 3. The van der Waals surface area contributed by atoms with Gasteiger partial charge in [-0.25, -0.2) is 9.97 Å². The highest BCUT2D eigenvalue weighted by atomic mass is 32.2. The lowest BCUT2D eigenvalue weighted by molar-refractivity contribution is -0.137. The zero-order chi connectivity index (χ0) is 20.0. The molecular weight excluding hydrogens is 383 g/mol. The van der Waals surface area contributed by atoms with Crippen molar-refractivity contribution in [3.05, 3.63) is 54.2 Å². The first-order valence-electron chi connectivity index (χ1n) is 7.36. The molecule has 0 aliphatic carbocycles. The first-order valence-corrected chi connectivity index (χ1v) is 8.18. The number of aromatic nitrogens is 2. The summed E-state index contributed by atoms with van der Waals surface area (Å²) in [4.78, 5) is 31.4. The summed E-state index contributed by atoms with van der Waals surface area (Å²) < 4.78 is 38.3. The molecule has 7 nitrogen and oxygen atoms in total.